The molecule has 21 heavy (non-hydrogen) atoms. The Morgan fingerprint density at radius 3 is 2.67 bits per heavy atom. The van der Waals surface area contributed by atoms with Gasteiger partial charge in [0.25, 0.3) is 0 Å². The third-order valence-corrected chi connectivity index (χ3v) is 3.89. The van der Waals surface area contributed by atoms with Crippen molar-refractivity contribution in [3.8, 4) is 0 Å². The Morgan fingerprint density at radius 1 is 1.24 bits per heavy atom. The summed E-state index contributed by atoms with van der Waals surface area (Å²) in [5, 5.41) is 13.4. The fraction of sp³-hybridized carbons (Fsp3) is 0.500. The van der Waals surface area contributed by atoms with Crippen molar-refractivity contribution in [1.29, 1.82) is 0 Å². The quantitative estimate of drug-likeness (QED) is 0.781. The SMILES string of the molecule is CC(C)Cc1nsc(N[C@H](CCCO)c2ccccc2)n1. The van der Waals surface area contributed by atoms with Crippen LogP contribution in [0.1, 0.15) is 44.1 Å². The third-order valence-electron chi connectivity index (χ3n) is 3.21. The third kappa shape index (κ3) is 5.10. The first-order chi connectivity index (χ1) is 10.2. The molecular weight excluding hydrogens is 282 g/mol. The van der Waals surface area contributed by atoms with Crippen LogP contribution in [-0.4, -0.2) is 21.1 Å². The standard InChI is InChI=1S/C16H23N3OS/c1-12(2)11-15-18-16(21-19-15)17-14(9-6-10-20)13-7-4-3-5-8-13/h3-5,7-8,12,14,20H,6,9-11H2,1-2H3,(H,17,18,19)/t14-/m1/s1. The summed E-state index contributed by atoms with van der Waals surface area (Å²) in [6.07, 6.45) is 2.55. The predicted octanol–water partition coefficient (Wildman–Crippen LogP) is 3.66. The van der Waals surface area contributed by atoms with Gasteiger partial charge in [-0.25, -0.2) is 4.98 Å². The summed E-state index contributed by atoms with van der Waals surface area (Å²) in [6.45, 7) is 4.55. The molecule has 0 aliphatic rings. The Hall–Kier alpha value is -1.46. The first-order valence-electron chi connectivity index (χ1n) is 7.44. The van der Waals surface area contributed by atoms with E-state index < -0.39 is 0 Å². The number of anilines is 1. The second-order valence-corrected chi connectivity index (χ2v) is 6.34. The molecule has 0 saturated carbocycles. The van der Waals surface area contributed by atoms with Gasteiger partial charge >= 0.3 is 0 Å². The van der Waals surface area contributed by atoms with Gasteiger partial charge in [-0.3, -0.25) is 0 Å². The zero-order valence-electron chi connectivity index (χ0n) is 12.6. The molecule has 0 bridgehead atoms. The van der Waals surface area contributed by atoms with Crippen molar-refractivity contribution in [2.75, 3.05) is 11.9 Å². The van der Waals surface area contributed by atoms with Crippen LogP contribution in [0.5, 0.6) is 0 Å². The van der Waals surface area contributed by atoms with E-state index in [1.165, 1.54) is 17.1 Å². The van der Waals surface area contributed by atoms with Crippen molar-refractivity contribution < 1.29 is 5.11 Å². The van der Waals surface area contributed by atoms with Gasteiger partial charge in [-0.2, -0.15) is 4.37 Å². The second kappa shape index (κ2) is 8.10. The number of hydrogen-bond acceptors (Lipinski definition) is 5. The fourth-order valence-electron chi connectivity index (χ4n) is 2.21. The Balaban J connectivity index is 2.06. The average Bonchev–Trinajstić information content (AvgIpc) is 2.90. The maximum atomic E-state index is 9.08. The predicted molar refractivity (Wildman–Crippen MR) is 87.6 cm³/mol. The molecule has 2 aromatic rings. The van der Waals surface area contributed by atoms with Gasteiger partial charge in [0.15, 0.2) is 0 Å². The van der Waals surface area contributed by atoms with Crippen molar-refractivity contribution in [2.24, 2.45) is 5.92 Å². The van der Waals surface area contributed by atoms with Crippen LogP contribution < -0.4 is 5.32 Å². The van der Waals surface area contributed by atoms with E-state index in [2.05, 4.69) is 40.7 Å². The summed E-state index contributed by atoms with van der Waals surface area (Å²) < 4.78 is 4.40. The van der Waals surface area contributed by atoms with Crippen molar-refractivity contribution in [3.63, 3.8) is 0 Å². The molecule has 5 heteroatoms. The second-order valence-electron chi connectivity index (χ2n) is 5.59. The van der Waals surface area contributed by atoms with Crippen LogP contribution in [-0.2, 0) is 6.42 Å². The van der Waals surface area contributed by atoms with Crippen LogP contribution in [0.3, 0.4) is 0 Å². The van der Waals surface area contributed by atoms with E-state index >= 15 is 0 Å². The lowest BCUT2D eigenvalue weighted by atomic mass is 10.0. The lowest BCUT2D eigenvalue weighted by molar-refractivity contribution is 0.281. The van der Waals surface area contributed by atoms with Crippen LogP contribution >= 0.6 is 11.5 Å². The van der Waals surface area contributed by atoms with Gasteiger partial charge in [0.1, 0.15) is 5.82 Å². The molecule has 2 N–H and O–H groups in total. The van der Waals surface area contributed by atoms with Crippen LogP contribution in [0.15, 0.2) is 30.3 Å². The van der Waals surface area contributed by atoms with Crippen molar-refractivity contribution in [1.82, 2.24) is 9.36 Å². The van der Waals surface area contributed by atoms with Crippen LogP contribution in [0.4, 0.5) is 5.13 Å². The Labute approximate surface area is 130 Å². The molecule has 1 aromatic heterocycles. The zero-order valence-corrected chi connectivity index (χ0v) is 13.4. The van der Waals surface area contributed by atoms with Gasteiger partial charge in [0.2, 0.25) is 5.13 Å². The summed E-state index contributed by atoms with van der Waals surface area (Å²) >= 11 is 1.41. The Bertz CT molecular complexity index is 527. The fourth-order valence-corrected chi connectivity index (χ4v) is 2.86. The van der Waals surface area contributed by atoms with Crippen molar-refractivity contribution in [3.05, 3.63) is 41.7 Å². The molecule has 0 amide bonds. The molecule has 2 rings (SSSR count). The van der Waals surface area contributed by atoms with Gasteiger partial charge in [-0.15, -0.1) is 0 Å². The summed E-state index contributed by atoms with van der Waals surface area (Å²) in [4.78, 5) is 4.56. The lowest BCUT2D eigenvalue weighted by Crippen LogP contribution is -2.11. The number of nitrogens with one attached hydrogen (secondary N) is 1. The number of aliphatic hydroxyl groups is 1. The highest BCUT2D eigenvalue weighted by molar-refractivity contribution is 7.09. The van der Waals surface area contributed by atoms with Gasteiger partial charge in [-0.05, 0) is 24.3 Å². The van der Waals surface area contributed by atoms with Crippen molar-refractivity contribution in [2.45, 2.75) is 39.2 Å². The average molecular weight is 305 g/mol. The number of nitrogens with zero attached hydrogens (tertiary/aromatic N) is 2. The normalized spacial score (nSPS) is 12.6. The van der Waals surface area contributed by atoms with E-state index in [1.54, 1.807) is 0 Å². The van der Waals surface area contributed by atoms with E-state index in [0.717, 1.165) is 30.2 Å². The molecule has 1 aromatic carbocycles. The number of hydrogen-bond donors (Lipinski definition) is 2. The molecule has 1 heterocycles. The molecule has 0 unspecified atom stereocenters. The van der Waals surface area contributed by atoms with Crippen molar-refractivity contribution >= 4 is 16.7 Å². The Morgan fingerprint density at radius 2 is 2.00 bits per heavy atom. The van der Waals surface area contributed by atoms with Crippen LogP contribution in [0.2, 0.25) is 0 Å². The van der Waals surface area contributed by atoms with E-state index in [1.807, 2.05) is 18.2 Å². The van der Waals surface area contributed by atoms with Gasteiger partial charge in [0.05, 0.1) is 6.04 Å². The lowest BCUT2D eigenvalue weighted by Gasteiger charge is -2.18. The summed E-state index contributed by atoms with van der Waals surface area (Å²) in [5.41, 5.74) is 1.21. The molecule has 0 spiro atoms. The number of aromatic nitrogens is 2. The van der Waals surface area contributed by atoms with Gasteiger partial charge in [0, 0.05) is 24.6 Å². The summed E-state index contributed by atoms with van der Waals surface area (Å²) in [7, 11) is 0. The number of rotatable bonds is 8. The molecular formula is C16H23N3OS. The zero-order chi connectivity index (χ0) is 15.1. The summed E-state index contributed by atoms with van der Waals surface area (Å²) in [6, 6.07) is 10.5. The minimum absolute atomic E-state index is 0.165. The topological polar surface area (TPSA) is 58.0 Å². The molecule has 114 valence electrons. The molecule has 0 saturated heterocycles. The molecule has 0 aliphatic carbocycles. The largest absolute Gasteiger partial charge is 0.396 e. The molecule has 0 radical (unpaired) electrons. The van der Waals surface area contributed by atoms with E-state index in [0.29, 0.717) is 5.92 Å². The minimum atomic E-state index is 0.165. The number of benzene rings is 1. The maximum Gasteiger partial charge on any atom is 0.203 e. The smallest absolute Gasteiger partial charge is 0.203 e. The highest BCUT2D eigenvalue weighted by Crippen LogP contribution is 2.25. The minimum Gasteiger partial charge on any atom is -0.396 e. The Kier molecular flexibility index (Phi) is 6.14. The highest BCUT2D eigenvalue weighted by atomic mass is 32.1. The first-order valence-corrected chi connectivity index (χ1v) is 8.21. The molecule has 0 aliphatic heterocycles. The van der Waals surface area contributed by atoms with Crippen LogP contribution in [0.25, 0.3) is 0 Å². The summed E-state index contributed by atoms with van der Waals surface area (Å²) in [5.74, 6) is 1.47. The molecule has 1 atom stereocenters. The number of aliphatic hydroxyl groups excluding tert-OH is 1. The van der Waals surface area contributed by atoms with Gasteiger partial charge in [-0.1, -0.05) is 44.2 Å². The van der Waals surface area contributed by atoms with E-state index in [4.69, 9.17) is 5.11 Å². The molecule has 4 nitrogen and oxygen atoms in total. The highest BCUT2D eigenvalue weighted by Gasteiger charge is 2.14. The monoisotopic (exact) mass is 305 g/mol. The maximum absolute atomic E-state index is 9.08. The molecule has 0 fully saturated rings. The van der Waals surface area contributed by atoms with Crippen LogP contribution in [0, 0.1) is 5.92 Å². The van der Waals surface area contributed by atoms with Gasteiger partial charge < -0.3 is 10.4 Å². The first kappa shape index (κ1) is 15.9. The van der Waals surface area contributed by atoms with E-state index in [9.17, 15) is 0 Å². The van der Waals surface area contributed by atoms with E-state index in [-0.39, 0.29) is 12.6 Å².